The minimum Gasteiger partial charge on any atom is -0.380 e. The fraction of sp³-hybridized carbons (Fsp3) is 0.556. The number of alkyl halides is 3. The fourth-order valence-corrected chi connectivity index (χ4v) is 1.52. The van der Waals surface area contributed by atoms with Gasteiger partial charge in [0.05, 0.1) is 18.1 Å². The number of hydrogen-bond acceptors (Lipinski definition) is 5. The van der Waals surface area contributed by atoms with Crippen LogP contribution in [0.1, 0.15) is 23.1 Å². The van der Waals surface area contributed by atoms with Crippen LogP contribution in [0, 0.1) is 10.1 Å². The molecule has 11 heteroatoms. The second-order valence-corrected chi connectivity index (χ2v) is 3.59. The highest BCUT2D eigenvalue weighted by Crippen LogP contribution is 2.37. The molecule has 1 heterocycles. The van der Waals surface area contributed by atoms with Crippen LogP contribution < -0.4 is 5.73 Å². The summed E-state index contributed by atoms with van der Waals surface area (Å²) in [5.41, 5.74) is 0.801. The molecule has 8 nitrogen and oxygen atoms in total. The lowest BCUT2D eigenvalue weighted by molar-refractivity contribution is -0.388. The Morgan fingerprint density at radius 3 is 2.55 bits per heavy atom. The predicted octanol–water partition coefficient (Wildman–Crippen LogP) is 0.946. The molecule has 0 aliphatic rings. The van der Waals surface area contributed by atoms with Gasteiger partial charge in [0.25, 0.3) is 5.91 Å². The van der Waals surface area contributed by atoms with Crippen LogP contribution in [0.3, 0.4) is 0 Å². The number of nitro groups is 1. The van der Waals surface area contributed by atoms with E-state index in [2.05, 4.69) is 5.10 Å². The van der Waals surface area contributed by atoms with Crippen LogP contribution in [0.5, 0.6) is 0 Å². The Kier molecular flexibility index (Phi) is 4.65. The maximum Gasteiger partial charge on any atom is 0.442 e. The van der Waals surface area contributed by atoms with E-state index >= 15 is 0 Å². The number of ether oxygens (including phenoxy) is 1. The van der Waals surface area contributed by atoms with E-state index in [4.69, 9.17) is 10.5 Å². The van der Waals surface area contributed by atoms with E-state index < -0.39 is 34.1 Å². The van der Waals surface area contributed by atoms with Crippen LogP contribution in [0.4, 0.5) is 18.9 Å². The molecule has 1 rings (SSSR count). The molecule has 1 amide bonds. The molecule has 0 saturated carbocycles. The molecule has 0 saturated heterocycles. The first-order valence-electron chi connectivity index (χ1n) is 5.40. The van der Waals surface area contributed by atoms with Crippen LogP contribution in [0.15, 0.2) is 0 Å². The van der Waals surface area contributed by atoms with Gasteiger partial charge in [-0.05, 0) is 6.92 Å². The van der Waals surface area contributed by atoms with Crippen molar-refractivity contribution in [2.24, 2.45) is 5.73 Å². The van der Waals surface area contributed by atoms with Crippen LogP contribution in [0.2, 0.25) is 0 Å². The Bertz CT molecular complexity index is 526. The van der Waals surface area contributed by atoms with Gasteiger partial charge in [-0.25, -0.2) is 0 Å². The van der Waals surface area contributed by atoms with Gasteiger partial charge < -0.3 is 10.5 Å². The molecule has 112 valence electrons. The smallest absolute Gasteiger partial charge is 0.380 e. The van der Waals surface area contributed by atoms with E-state index in [1.165, 1.54) is 0 Å². The highest BCUT2D eigenvalue weighted by Gasteiger charge is 2.46. The Hall–Kier alpha value is -2.17. The van der Waals surface area contributed by atoms with Crippen molar-refractivity contribution in [2.45, 2.75) is 19.6 Å². The van der Waals surface area contributed by atoms with E-state index in [0.29, 0.717) is 11.3 Å². The monoisotopic (exact) mass is 296 g/mol. The standard InChI is InChI=1S/C9H11F3N4O4/c1-2-20-4-3-15-6(8(13)17)5(16(18)19)7(14-15)9(10,11)12/h2-4H2,1H3,(H2,13,17). The molecule has 0 aliphatic heterocycles. The lowest BCUT2D eigenvalue weighted by Gasteiger charge is -2.04. The number of nitrogens with zero attached hydrogens (tertiary/aromatic N) is 3. The summed E-state index contributed by atoms with van der Waals surface area (Å²) in [5, 5.41) is 13.8. The Morgan fingerprint density at radius 2 is 2.15 bits per heavy atom. The van der Waals surface area contributed by atoms with Crippen LogP contribution in [-0.4, -0.2) is 33.8 Å². The molecule has 0 aliphatic carbocycles. The largest absolute Gasteiger partial charge is 0.442 e. The first-order valence-corrected chi connectivity index (χ1v) is 5.40. The van der Waals surface area contributed by atoms with Gasteiger partial charge in [-0.15, -0.1) is 0 Å². The van der Waals surface area contributed by atoms with Crippen molar-refractivity contribution in [3.63, 3.8) is 0 Å². The molecule has 0 bridgehead atoms. The molecule has 0 unspecified atom stereocenters. The van der Waals surface area contributed by atoms with Crippen LogP contribution in [0.25, 0.3) is 0 Å². The second kappa shape index (κ2) is 5.86. The van der Waals surface area contributed by atoms with E-state index in [1.807, 2.05) is 0 Å². The summed E-state index contributed by atoms with van der Waals surface area (Å²) in [7, 11) is 0. The summed E-state index contributed by atoms with van der Waals surface area (Å²) in [6.07, 6.45) is -5.07. The van der Waals surface area contributed by atoms with Crippen molar-refractivity contribution < 1.29 is 27.6 Å². The SMILES string of the molecule is CCOCCn1nc(C(F)(F)F)c([N+](=O)[O-])c1C(N)=O. The summed E-state index contributed by atoms with van der Waals surface area (Å²) >= 11 is 0. The molecular formula is C9H11F3N4O4. The number of hydrogen-bond donors (Lipinski definition) is 1. The molecule has 1 aromatic rings. The van der Waals surface area contributed by atoms with Gasteiger partial charge >= 0.3 is 11.9 Å². The quantitative estimate of drug-likeness (QED) is 0.477. The van der Waals surface area contributed by atoms with Crippen molar-refractivity contribution in [1.82, 2.24) is 9.78 Å². The van der Waals surface area contributed by atoms with E-state index in [-0.39, 0.29) is 13.2 Å². The molecular weight excluding hydrogens is 285 g/mol. The predicted molar refractivity (Wildman–Crippen MR) is 58.9 cm³/mol. The lowest BCUT2D eigenvalue weighted by Crippen LogP contribution is -2.20. The topological polar surface area (TPSA) is 113 Å². The maximum atomic E-state index is 12.7. The van der Waals surface area contributed by atoms with Crippen molar-refractivity contribution in [1.29, 1.82) is 0 Å². The number of primary amides is 1. The van der Waals surface area contributed by atoms with Crippen molar-refractivity contribution in [3.8, 4) is 0 Å². The number of carbonyl (C=O) groups is 1. The number of rotatable bonds is 6. The van der Waals surface area contributed by atoms with Gasteiger partial charge in [-0.2, -0.15) is 18.3 Å². The number of carbonyl (C=O) groups excluding carboxylic acids is 1. The Labute approximate surface area is 110 Å². The van der Waals surface area contributed by atoms with Gasteiger partial charge in [0.1, 0.15) is 0 Å². The minimum atomic E-state index is -5.07. The Morgan fingerprint density at radius 1 is 1.55 bits per heavy atom. The highest BCUT2D eigenvalue weighted by molar-refractivity contribution is 5.95. The van der Waals surface area contributed by atoms with Crippen molar-refractivity contribution in [3.05, 3.63) is 21.5 Å². The van der Waals surface area contributed by atoms with Gasteiger partial charge in [0.2, 0.25) is 11.4 Å². The zero-order valence-electron chi connectivity index (χ0n) is 10.3. The Balaban J connectivity index is 3.37. The number of amides is 1. The average Bonchev–Trinajstić information content (AvgIpc) is 2.68. The fourth-order valence-electron chi connectivity index (χ4n) is 1.52. The zero-order valence-corrected chi connectivity index (χ0v) is 10.3. The van der Waals surface area contributed by atoms with E-state index in [9.17, 15) is 28.1 Å². The average molecular weight is 296 g/mol. The van der Waals surface area contributed by atoms with Crippen LogP contribution >= 0.6 is 0 Å². The molecule has 1 aromatic heterocycles. The molecule has 20 heavy (non-hydrogen) atoms. The van der Waals surface area contributed by atoms with Crippen LogP contribution in [-0.2, 0) is 17.5 Å². The number of halogens is 3. The van der Waals surface area contributed by atoms with Gasteiger partial charge in [-0.1, -0.05) is 0 Å². The van der Waals surface area contributed by atoms with Crippen molar-refractivity contribution in [2.75, 3.05) is 13.2 Å². The van der Waals surface area contributed by atoms with E-state index in [1.54, 1.807) is 6.92 Å². The highest BCUT2D eigenvalue weighted by atomic mass is 19.4. The van der Waals surface area contributed by atoms with Gasteiger partial charge in [-0.3, -0.25) is 19.6 Å². The first kappa shape index (κ1) is 15.9. The maximum absolute atomic E-state index is 12.7. The van der Waals surface area contributed by atoms with E-state index in [0.717, 1.165) is 0 Å². The van der Waals surface area contributed by atoms with Gasteiger partial charge in [0, 0.05) is 6.61 Å². The van der Waals surface area contributed by atoms with Gasteiger partial charge in [0.15, 0.2) is 0 Å². The summed E-state index contributed by atoms with van der Waals surface area (Å²) in [5.74, 6) is -1.36. The number of aromatic nitrogens is 2. The first-order chi connectivity index (χ1) is 9.20. The summed E-state index contributed by atoms with van der Waals surface area (Å²) in [4.78, 5) is 20.6. The summed E-state index contributed by atoms with van der Waals surface area (Å²) in [6.45, 7) is 1.62. The molecule has 2 N–H and O–H groups in total. The number of nitrogens with two attached hydrogens (primary N) is 1. The zero-order chi connectivity index (χ0) is 15.5. The normalized spacial score (nSPS) is 11.6. The molecule has 0 atom stereocenters. The molecule has 0 spiro atoms. The molecule has 0 radical (unpaired) electrons. The van der Waals surface area contributed by atoms with Crippen molar-refractivity contribution >= 4 is 11.6 Å². The second-order valence-electron chi connectivity index (χ2n) is 3.59. The summed E-state index contributed by atoms with van der Waals surface area (Å²) in [6, 6.07) is 0. The lowest BCUT2D eigenvalue weighted by atomic mass is 10.2. The minimum absolute atomic E-state index is 0.0626. The third-order valence-electron chi connectivity index (χ3n) is 2.26. The molecule has 0 aromatic carbocycles. The molecule has 0 fully saturated rings. The third kappa shape index (κ3) is 3.23. The summed E-state index contributed by atoms with van der Waals surface area (Å²) < 4.78 is 43.5. The third-order valence-corrected chi connectivity index (χ3v) is 2.26.